The molecule has 1 aliphatic heterocycles. The van der Waals surface area contributed by atoms with Crippen LogP contribution in [0.5, 0.6) is 0 Å². The van der Waals surface area contributed by atoms with Crippen molar-refractivity contribution in [3.63, 3.8) is 0 Å². The zero-order valence-corrected chi connectivity index (χ0v) is 11.6. The monoisotopic (exact) mass is 276 g/mol. The Morgan fingerprint density at radius 2 is 1.85 bits per heavy atom. The number of rotatable bonds is 3. The first-order valence-electron chi connectivity index (χ1n) is 6.34. The van der Waals surface area contributed by atoms with E-state index in [0.29, 0.717) is 11.3 Å². The number of carbonyl (C=O) groups is 3. The van der Waals surface area contributed by atoms with E-state index in [0.717, 1.165) is 0 Å². The lowest BCUT2D eigenvalue weighted by Gasteiger charge is -2.13. The third-order valence-corrected chi connectivity index (χ3v) is 3.63. The molecule has 0 saturated carbocycles. The van der Waals surface area contributed by atoms with E-state index in [9.17, 15) is 14.4 Å². The zero-order chi connectivity index (χ0) is 14.9. The average Bonchev–Trinajstić information content (AvgIpc) is 2.65. The van der Waals surface area contributed by atoms with Crippen LogP contribution in [0.15, 0.2) is 18.3 Å². The molecule has 6 nitrogen and oxygen atoms in total. The summed E-state index contributed by atoms with van der Waals surface area (Å²) < 4.78 is 4.57. The number of hydrogen-bond acceptors (Lipinski definition) is 5. The summed E-state index contributed by atoms with van der Waals surface area (Å²) in [5, 5.41) is 0. The maximum Gasteiger partial charge on any atom is 0.339 e. The third kappa shape index (κ3) is 2.41. The molecule has 0 aromatic carbocycles. The Kier molecular flexibility index (Phi) is 3.83. The number of pyridine rings is 1. The summed E-state index contributed by atoms with van der Waals surface area (Å²) in [6.45, 7) is 3.63. The number of amides is 2. The standard InChI is InChI=1S/C14H16N2O4/c1-8-9(2)13(18)16(12(8)17)7-11-5-4-10(6-15-11)14(19)20-3/h4-6,8-9H,7H2,1-3H3. The van der Waals surface area contributed by atoms with Crippen molar-refractivity contribution in [2.45, 2.75) is 20.4 Å². The summed E-state index contributed by atoms with van der Waals surface area (Å²) in [5.41, 5.74) is 0.887. The molecule has 20 heavy (non-hydrogen) atoms. The molecule has 0 bridgehead atoms. The topological polar surface area (TPSA) is 76.6 Å². The van der Waals surface area contributed by atoms with Crippen LogP contribution in [0, 0.1) is 11.8 Å². The van der Waals surface area contributed by atoms with Gasteiger partial charge in [0, 0.05) is 18.0 Å². The normalized spacial score (nSPS) is 22.2. The minimum absolute atomic E-state index is 0.133. The molecule has 1 saturated heterocycles. The van der Waals surface area contributed by atoms with Gasteiger partial charge in [0.15, 0.2) is 0 Å². The van der Waals surface area contributed by atoms with Crippen LogP contribution >= 0.6 is 0 Å². The second-order valence-electron chi connectivity index (χ2n) is 4.87. The third-order valence-electron chi connectivity index (χ3n) is 3.63. The molecule has 1 aromatic heterocycles. The molecule has 2 rings (SSSR count). The molecule has 2 heterocycles. The molecule has 2 unspecified atom stereocenters. The highest BCUT2D eigenvalue weighted by molar-refractivity contribution is 6.04. The van der Waals surface area contributed by atoms with Gasteiger partial charge in [0.05, 0.1) is 24.9 Å². The molecule has 1 aliphatic rings. The highest BCUT2D eigenvalue weighted by Gasteiger charge is 2.42. The molecule has 1 aromatic rings. The fourth-order valence-corrected chi connectivity index (χ4v) is 2.10. The number of nitrogens with zero attached hydrogens (tertiary/aromatic N) is 2. The van der Waals surface area contributed by atoms with Gasteiger partial charge < -0.3 is 4.74 Å². The molecule has 0 N–H and O–H groups in total. The van der Waals surface area contributed by atoms with Crippen molar-refractivity contribution >= 4 is 17.8 Å². The summed E-state index contributed by atoms with van der Waals surface area (Å²) >= 11 is 0. The van der Waals surface area contributed by atoms with E-state index >= 15 is 0 Å². The van der Waals surface area contributed by atoms with Gasteiger partial charge in [-0.25, -0.2) is 4.79 Å². The van der Waals surface area contributed by atoms with Gasteiger partial charge in [0.1, 0.15) is 0 Å². The van der Waals surface area contributed by atoms with Gasteiger partial charge in [-0.05, 0) is 12.1 Å². The van der Waals surface area contributed by atoms with E-state index in [1.807, 2.05) is 0 Å². The van der Waals surface area contributed by atoms with E-state index in [1.165, 1.54) is 18.2 Å². The maximum atomic E-state index is 12.0. The quantitative estimate of drug-likeness (QED) is 0.608. The van der Waals surface area contributed by atoms with Crippen molar-refractivity contribution in [3.05, 3.63) is 29.6 Å². The molecule has 2 atom stereocenters. The van der Waals surface area contributed by atoms with Crippen molar-refractivity contribution in [2.75, 3.05) is 7.11 Å². The Morgan fingerprint density at radius 3 is 2.30 bits per heavy atom. The van der Waals surface area contributed by atoms with Crippen LogP contribution in [-0.2, 0) is 20.9 Å². The summed E-state index contributed by atoms with van der Waals surface area (Å²) in [4.78, 5) is 40.5. The molecule has 106 valence electrons. The number of imide groups is 1. The minimum atomic E-state index is -0.473. The average molecular weight is 276 g/mol. The smallest absolute Gasteiger partial charge is 0.339 e. The second kappa shape index (κ2) is 5.40. The van der Waals surface area contributed by atoms with E-state index in [1.54, 1.807) is 26.0 Å². The first-order chi connectivity index (χ1) is 9.45. The fraction of sp³-hybridized carbons (Fsp3) is 0.429. The van der Waals surface area contributed by atoms with E-state index in [2.05, 4.69) is 9.72 Å². The number of ether oxygens (including phenoxy) is 1. The van der Waals surface area contributed by atoms with Crippen molar-refractivity contribution in [2.24, 2.45) is 11.8 Å². The highest BCUT2D eigenvalue weighted by atomic mass is 16.5. The largest absolute Gasteiger partial charge is 0.465 e. The molecule has 0 radical (unpaired) electrons. The summed E-state index contributed by atoms with van der Waals surface area (Å²) in [7, 11) is 1.29. The minimum Gasteiger partial charge on any atom is -0.465 e. The van der Waals surface area contributed by atoms with Gasteiger partial charge in [-0.15, -0.1) is 0 Å². The first-order valence-corrected chi connectivity index (χ1v) is 6.34. The number of methoxy groups -OCH3 is 1. The number of esters is 1. The van der Waals surface area contributed by atoms with Gasteiger partial charge in [-0.2, -0.15) is 0 Å². The predicted molar refractivity (Wildman–Crippen MR) is 69.5 cm³/mol. The lowest BCUT2D eigenvalue weighted by molar-refractivity contribution is -0.140. The molecular weight excluding hydrogens is 260 g/mol. The summed E-state index contributed by atoms with van der Waals surface area (Å²) in [5.74, 6) is -1.42. The maximum absolute atomic E-state index is 12.0. The van der Waals surface area contributed by atoms with Crippen LogP contribution in [0.4, 0.5) is 0 Å². The number of aromatic nitrogens is 1. The molecular formula is C14H16N2O4. The van der Waals surface area contributed by atoms with E-state index in [-0.39, 0.29) is 30.2 Å². The summed E-state index contributed by atoms with van der Waals surface area (Å²) in [6.07, 6.45) is 1.37. The second-order valence-corrected chi connectivity index (χ2v) is 4.87. The summed E-state index contributed by atoms with van der Waals surface area (Å²) in [6, 6.07) is 3.17. The van der Waals surface area contributed by atoms with E-state index in [4.69, 9.17) is 0 Å². The Labute approximate surface area is 116 Å². The van der Waals surface area contributed by atoms with Crippen LogP contribution in [0.3, 0.4) is 0 Å². The van der Waals surface area contributed by atoms with Gasteiger partial charge in [0.25, 0.3) is 0 Å². The molecule has 2 amide bonds. The van der Waals surface area contributed by atoms with Crippen molar-refractivity contribution in [1.82, 2.24) is 9.88 Å². The Bertz CT molecular complexity index is 533. The zero-order valence-electron chi connectivity index (χ0n) is 11.6. The predicted octanol–water partition coefficient (Wildman–Crippen LogP) is 1.01. The molecule has 6 heteroatoms. The Hall–Kier alpha value is -2.24. The lowest BCUT2D eigenvalue weighted by Crippen LogP contribution is -2.30. The molecule has 0 spiro atoms. The van der Waals surface area contributed by atoms with Crippen molar-refractivity contribution in [3.8, 4) is 0 Å². The fourth-order valence-electron chi connectivity index (χ4n) is 2.10. The van der Waals surface area contributed by atoms with Crippen molar-refractivity contribution < 1.29 is 19.1 Å². The highest BCUT2D eigenvalue weighted by Crippen LogP contribution is 2.26. The van der Waals surface area contributed by atoms with Gasteiger partial charge in [0.2, 0.25) is 11.8 Å². The van der Waals surface area contributed by atoms with Crippen LogP contribution in [-0.4, -0.2) is 34.8 Å². The van der Waals surface area contributed by atoms with Gasteiger partial charge >= 0.3 is 5.97 Å². The first kappa shape index (κ1) is 14.2. The van der Waals surface area contributed by atoms with Crippen molar-refractivity contribution in [1.29, 1.82) is 0 Å². The van der Waals surface area contributed by atoms with Crippen LogP contribution < -0.4 is 0 Å². The number of likely N-dealkylation sites (tertiary alicyclic amines) is 1. The SMILES string of the molecule is COC(=O)c1ccc(CN2C(=O)C(C)C(C)C2=O)nc1. The lowest BCUT2D eigenvalue weighted by atomic mass is 10.00. The van der Waals surface area contributed by atoms with Crippen LogP contribution in [0.2, 0.25) is 0 Å². The van der Waals surface area contributed by atoms with Gasteiger partial charge in [-0.3, -0.25) is 19.5 Å². The van der Waals surface area contributed by atoms with Crippen LogP contribution in [0.25, 0.3) is 0 Å². The molecule has 0 aliphatic carbocycles. The number of carbonyl (C=O) groups excluding carboxylic acids is 3. The Balaban J connectivity index is 2.13. The van der Waals surface area contributed by atoms with E-state index < -0.39 is 5.97 Å². The van der Waals surface area contributed by atoms with Gasteiger partial charge in [-0.1, -0.05) is 13.8 Å². The van der Waals surface area contributed by atoms with Crippen LogP contribution in [0.1, 0.15) is 29.9 Å². The number of hydrogen-bond donors (Lipinski definition) is 0. The molecule has 1 fully saturated rings. The Morgan fingerprint density at radius 1 is 1.25 bits per heavy atom.